The first-order valence-electron chi connectivity index (χ1n) is 10.3. The van der Waals surface area contributed by atoms with Crippen LogP contribution >= 0.6 is 0 Å². The summed E-state index contributed by atoms with van der Waals surface area (Å²) in [5, 5.41) is 2.33. The molecule has 0 atom stereocenters. The van der Waals surface area contributed by atoms with Crippen LogP contribution in [-0.4, -0.2) is 52.8 Å². The van der Waals surface area contributed by atoms with E-state index in [1.807, 2.05) is 0 Å². The van der Waals surface area contributed by atoms with E-state index < -0.39 is 35.0 Å². The van der Waals surface area contributed by atoms with Crippen molar-refractivity contribution < 1.29 is 33.4 Å². The molecule has 1 aliphatic heterocycles. The number of Topliss-reactive ketones (excluding diaryl/α,β-unsaturated/α-hetero) is 1. The topological polar surface area (TPSA) is 119 Å². The Kier molecular flexibility index (Phi) is 6.20. The quantitative estimate of drug-likeness (QED) is 0.392. The third-order valence-corrected chi connectivity index (χ3v) is 5.23. The van der Waals surface area contributed by atoms with E-state index in [-0.39, 0.29) is 24.3 Å². The van der Waals surface area contributed by atoms with Crippen molar-refractivity contribution in [2.75, 3.05) is 7.11 Å². The van der Waals surface area contributed by atoms with E-state index in [0.717, 1.165) is 4.90 Å². The number of ether oxygens (including phenoxy) is 2. The molecule has 0 radical (unpaired) electrons. The lowest BCUT2D eigenvalue weighted by Crippen LogP contribution is -2.47. The van der Waals surface area contributed by atoms with Crippen molar-refractivity contribution in [1.82, 2.24) is 10.2 Å². The fourth-order valence-corrected chi connectivity index (χ4v) is 3.61. The van der Waals surface area contributed by atoms with Gasteiger partial charge in [-0.3, -0.25) is 24.6 Å². The molecule has 0 unspecified atom stereocenters. The van der Waals surface area contributed by atoms with Crippen molar-refractivity contribution in [2.24, 2.45) is 0 Å². The number of esters is 1. The molecule has 0 aromatic heterocycles. The van der Waals surface area contributed by atoms with Crippen molar-refractivity contribution in [3.63, 3.8) is 0 Å². The third kappa shape index (κ3) is 4.56. The molecule has 9 heteroatoms. The number of allylic oxidation sites excluding steroid dienone is 1. The number of nitrogens with one attached hydrogen (secondary N) is 1. The maximum Gasteiger partial charge on any atom is 0.412 e. The van der Waals surface area contributed by atoms with E-state index in [0.29, 0.717) is 24.0 Å². The molecular weight excluding hydrogens is 416 g/mol. The SMILES string of the molecule is COC(=O)/C(=C\CCC(=O)C1(N2C(=O)c3ccccc3C2=O)CC1)NC(=O)OC(C)(C)C. The molecule has 0 spiro atoms. The Morgan fingerprint density at radius 3 is 2.12 bits per heavy atom. The predicted octanol–water partition coefficient (Wildman–Crippen LogP) is 2.75. The van der Waals surface area contributed by atoms with Crippen molar-refractivity contribution in [3.05, 3.63) is 47.2 Å². The number of fused-ring (bicyclic) bond motifs is 1. The van der Waals surface area contributed by atoms with Crippen LogP contribution in [0.3, 0.4) is 0 Å². The van der Waals surface area contributed by atoms with Crippen LogP contribution in [0.15, 0.2) is 36.0 Å². The van der Waals surface area contributed by atoms with Gasteiger partial charge in [0.25, 0.3) is 11.8 Å². The Balaban J connectivity index is 1.68. The van der Waals surface area contributed by atoms with E-state index in [9.17, 15) is 24.0 Å². The summed E-state index contributed by atoms with van der Waals surface area (Å²) in [7, 11) is 1.17. The van der Waals surface area contributed by atoms with Crippen molar-refractivity contribution in [3.8, 4) is 0 Å². The van der Waals surface area contributed by atoms with E-state index >= 15 is 0 Å². The summed E-state index contributed by atoms with van der Waals surface area (Å²) in [5.74, 6) is -1.99. The Morgan fingerprint density at radius 2 is 1.66 bits per heavy atom. The van der Waals surface area contributed by atoms with Gasteiger partial charge >= 0.3 is 12.1 Å². The Hall–Kier alpha value is -3.49. The van der Waals surface area contributed by atoms with Crippen LogP contribution in [0.2, 0.25) is 0 Å². The molecule has 1 heterocycles. The van der Waals surface area contributed by atoms with Crippen molar-refractivity contribution >= 4 is 29.7 Å². The van der Waals surface area contributed by atoms with Crippen LogP contribution in [-0.2, 0) is 19.1 Å². The number of alkyl carbamates (subject to hydrolysis) is 1. The number of amides is 3. The Morgan fingerprint density at radius 1 is 1.09 bits per heavy atom. The molecule has 1 aliphatic carbocycles. The number of rotatable bonds is 7. The Bertz CT molecular complexity index is 980. The van der Waals surface area contributed by atoms with Gasteiger partial charge in [-0.15, -0.1) is 0 Å². The number of carbonyl (C=O) groups excluding carboxylic acids is 5. The van der Waals surface area contributed by atoms with E-state index in [1.54, 1.807) is 45.0 Å². The fourth-order valence-electron chi connectivity index (χ4n) is 3.61. The maximum atomic E-state index is 13.0. The first-order valence-corrected chi connectivity index (χ1v) is 10.3. The smallest absolute Gasteiger partial charge is 0.412 e. The summed E-state index contributed by atoms with van der Waals surface area (Å²) >= 11 is 0. The molecule has 0 bridgehead atoms. The molecule has 1 fully saturated rings. The number of benzene rings is 1. The van der Waals surface area contributed by atoms with E-state index in [1.165, 1.54) is 13.2 Å². The molecular formula is C23H26N2O7. The van der Waals surface area contributed by atoms with Gasteiger partial charge in [0, 0.05) is 6.42 Å². The molecule has 1 aromatic carbocycles. The summed E-state index contributed by atoms with van der Waals surface area (Å²) in [6.45, 7) is 5.04. The van der Waals surface area contributed by atoms with Gasteiger partial charge in [-0.25, -0.2) is 9.59 Å². The number of ketones is 1. The monoisotopic (exact) mass is 442 g/mol. The van der Waals surface area contributed by atoms with Gasteiger partial charge in [-0.05, 0) is 52.2 Å². The zero-order valence-corrected chi connectivity index (χ0v) is 18.5. The number of hydrogen-bond donors (Lipinski definition) is 1. The van der Waals surface area contributed by atoms with Crippen molar-refractivity contribution in [1.29, 1.82) is 0 Å². The maximum absolute atomic E-state index is 13.0. The second-order valence-electron chi connectivity index (χ2n) is 8.72. The van der Waals surface area contributed by atoms with Gasteiger partial charge < -0.3 is 9.47 Å². The first-order chi connectivity index (χ1) is 15.0. The fraction of sp³-hybridized carbons (Fsp3) is 0.435. The Labute approximate surface area is 185 Å². The lowest BCUT2D eigenvalue weighted by molar-refractivity contribution is -0.136. The molecule has 170 valence electrons. The number of carbonyl (C=O) groups is 5. The van der Waals surface area contributed by atoms with Crippen molar-refractivity contribution in [2.45, 2.75) is 57.6 Å². The summed E-state index contributed by atoms with van der Waals surface area (Å²) in [4.78, 5) is 63.5. The number of nitrogens with zero attached hydrogens (tertiary/aromatic N) is 1. The second kappa shape index (κ2) is 8.57. The molecule has 1 saturated carbocycles. The third-order valence-electron chi connectivity index (χ3n) is 5.23. The minimum Gasteiger partial charge on any atom is -0.464 e. The van der Waals surface area contributed by atoms with Crippen LogP contribution < -0.4 is 5.32 Å². The summed E-state index contributed by atoms with van der Waals surface area (Å²) in [5.41, 5.74) is -1.46. The highest BCUT2D eigenvalue weighted by molar-refractivity contribution is 6.24. The molecule has 1 N–H and O–H groups in total. The van der Waals surface area contributed by atoms with Crippen LogP contribution in [0, 0.1) is 0 Å². The molecule has 32 heavy (non-hydrogen) atoms. The van der Waals surface area contributed by atoms with Gasteiger partial charge in [0.15, 0.2) is 5.78 Å². The number of imide groups is 1. The van der Waals surface area contributed by atoms with Crippen LogP contribution in [0.5, 0.6) is 0 Å². The highest BCUT2D eigenvalue weighted by Gasteiger charge is 2.60. The largest absolute Gasteiger partial charge is 0.464 e. The molecule has 1 aromatic rings. The average molecular weight is 442 g/mol. The average Bonchev–Trinajstić information content (AvgIpc) is 3.48. The zero-order valence-electron chi connectivity index (χ0n) is 18.5. The van der Waals surface area contributed by atoms with Gasteiger partial charge in [-0.2, -0.15) is 0 Å². The van der Waals surface area contributed by atoms with Gasteiger partial charge in [0.05, 0.1) is 18.2 Å². The van der Waals surface area contributed by atoms with Gasteiger partial charge in [0.1, 0.15) is 16.8 Å². The normalized spacial score (nSPS) is 17.0. The van der Waals surface area contributed by atoms with Gasteiger partial charge in [-0.1, -0.05) is 18.2 Å². The summed E-state index contributed by atoms with van der Waals surface area (Å²) in [6, 6.07) is 6.49. The molecule has 3 amide bonds. The number of hydrogen-bond acceptors (Lipinski definition) is 7. The summed E-state index contributed by atoms with van der Waals surface area (Å²) < 4.78 is 9.79. The standard InChI is InChI=1S/C23H26N2O7/c1-22(2,3)32-21(30)24-16(20(29)31-4)10-7-11-17(26)23(12-13-23)25-18(27)14-8-5-6-9-15(14)19(25)28/h5-6,8-10H,7,11-13H2,1-4H3,(H,24,30)/b16-10+. The predicted molar refractivity (Wildman–Crippen MR) is 113 cm³/mol. The summed E-state index contributed by atoms with van der Waals surface area (Å²) in [6.07, 6.45) is 1.42. The highest BCUT2D eigenvalue weighted by Crippen LogP contribution is 2.47. The van der Waals surface area contributed by atoms with Crippen LogP contribution in [0.25, 0.3) is 0 Å². The molecule has 0 saturated heterocycles. The molecule has 9 nitrogen and oxygen atoms in total. The lowest BCUT2D eigenvalue weighted by atomic mass is 10.0. The van der Waals surface area contributed by atoms with E-state index in [2.05, 4.69) is 10.1 Å². The minimum atomic E-state index is -1.15. The lowest BCUT2D eigenvalue weighted by Gasteiger charge is -2.24. The highest BCUT2D eigenvalue weighted by atomic mass is 16.6. The minimum absolute atomic E-state index is 0.0239. The zero-order chi connectivity index (χ0) is 23.7. The van der Waals surface area contributed by atoms with Gasteiger partial charge in [0.2, 0.25) is 0 Å². The van der Waals surface area contributed by atoms with Crippen LogP contribution in [0.1, 0.15) is 67.2 Å². The first kappa shape index (κ1) is 23.2. The second-order valence-corrected chi connectivity index (χ2v) is 8.72. The van der Waals surface area contributed by atoms with E-state index in [4.69, 9.17) is 4.74 Å². The van der Waals surface area contributed by atoms with Crippen LogP contribution in [0.4, 0.5) is 4.79 Å². The molecule has 2 aliphatic rings. The number of methoxy groups -OCH3 is 1. The molecule has 3 rings (SSSR count).